The fraction of sp³-hybridized carbons (Fsp3) is 0.286. The van der Waals surface area contributed by atoms with Gasteiger partial charge in [-0.05, 0) is 55.0 Å². The van der Waals surface area contributed by atoms with E-state index in [4.69, 9.17) is 4.52 Å². The fourth-order valence-corrected chi connectivity index (χ4v) is 4.18. The number of amides is 2. The van der Waals surface area contributed by atoms with Gasteiger partial charge in [-0.3, -0.25) is 9.59 Å². The highest BCUT2D eigenvalue weighted by atomic mass is 32.1. The predicted molar refractivity (Wildman–Crippen MR) is 108 cm³/mol. The molecule has 0 fully saturated rings. The Labute approximate surface area is 167 Å². The molecule has 0 unspecified atom stereocenters. The number of hydrogen-bond donors (Lipinski definition) is 1. The fourth-order valence-electron chi connectivity index (χ4n) is 3.48. The van der Waals surface area contributed by atoms with Crippen LogP contribution in [-0.4, -0.2) is 28.4 Å². The van der Waals surface area contributed by atoms with Crippen LogP contribution in [0.15, 0.2) is 40.2 Å². The molecule has 2 aromatic heterocycles. The molecule has 1 aliphatic heterocycles. The van der Waals surface area contributed by atoms with Gasteiger partial charge in [0.2, 0.25) is 5.91 Å². The number of fused-ring (bicyclic) bond motifs is 1. The Morgan fingerprint density at radius 1 is 1.25 bits per heavy atom. The number of aromatic nitrogens is 1. The second kappa shape index (κ2) is 7.59. The molecule has 28 heavy (non-hydrogen) atoms. The highest BCUT2D eigenvalue weighted by Gasteiger charge is 2.23. The lowest BCUT2D eigenvalue weighted by Gasteiger charge is -2.29. The van der Waals surface area contributed by atoms with Crippen molar-refractivity contribution in [3.63, 3.8) is 0 Å². The second-order valence-corrected chi connectivity index (χ2v) is 7.91. The average Bonchev–Trinajstić information content (AvgIpc) is 3.33. The van der Waals surface area contributed by atoms with Crippen LogP contribution < -0.4 is 5.32 Å². The van der Waals surface area contributed by atoms with E-state index in [1.807, 2.05) is 47.5 Å². The van der Waals surface area contributed by atoms with Crippen LogP contribution in [0, 0.1) is 13.8 Å². The van der Waals surface area contributed by atoms with E-state index in [2.05, 4.69) is 10.5 Å². The summed E-state index contributed by atoms with van der Waals surface area (Å²) in [5.74, 6) is 0.617. The number of rotatable bonds is 4. The van der Waals surface area contributed by atoms with E-state index in [1.54, 1.807) is 6.92 Å². The number of aryl methyl sites for hydroxylation is 2. The molecule has 3 heterocycles. The van der Waals surface area contributed by atoms with Crippen LogP contribution in [0.4, 0.5) is 5.69 Å². The molecule has 0 aliphatic carbocycles. The normalized spacial score (nSPS) is 13.3. The summed E-state index contributed by atoms with van der Waals surface area (Å²) in [4.78, 5) is 27.7. The molecule has 0 radical (unpaired) electrons. The van der Waals surface area contributed by atoms with E-state index in [0.717, 1.165) is 33.8 Å². The number of carbonyl (C=O) groups excluding carboxylic acids is 2. The minimum atomic E-state index is -0.114. The van der Waals surface area contributed by atoms with Crippen molar-refractivity contribution in [2.75, 3.05) is 11.9 Å². The SMILES string of the molecule is Cc1noc(C)c1CC(=O)Nc1ccc2c(c1)CN(C(=O)c1cccs1)CC2. The molecule has 2 amide bonds. The first kappa shape index (κ1) is 18.4. The number of carbonyl (C=O) groups is 2. The minimum Gasteiger partial charge on any atom is -0.361 e. The number of nitrogens with one attached hydrogen (secondary N) is 1. The maximum Gasteiger partial charge on any atom is 0.264 e. The molecule has 0 saturated carbocycles. The summed E-state index contributed by atoms with van der Waals surface area (Å²) in [7, 11) is 0. The van der Waals surface area contributed by atoms with Crippen LogP contribution in [-0.2, 0) is 24.2 Å². The molecule has 1 N–H and O–H groups in total. The van der Waals surface area contributed by atoms with Gasteiger partial charge in [-0.1, -0.05) is 17.3 Å². The van der Waals surface area contributed by atoms with Crippen LogP contribution in [0.25, 0.3) is 0 Å². The van der Waals surface area contributed by atoms with Crippen molar-refractivity contribution >= 4 is 28.8 Å². The van der Waals surface area contributed by atoms with Gasteiger partial charge in [-0.2, -0.15) is 0 Å². The first-order valence-electron chi connectivity index (χ1n) is 9.17. The van der Waals surface area contributed by atoms with E-state index < -0.39 is 0 Å². The third-order valence-electron chi connectivity index (χ3n) is 5.04. The maximum atomic E-state index is 12.6. The molecule has 3 aromatic rings. The number of nitrogens with zero attached hydrogens (tertiary/aromatic N) is 2. The van der Waals surface area contributed by atoms with E-state index >= 15 is 0 Å². The van der Waals surface area contributed by atoms with Crippen LogP contribution in [0.1, 0.15) is 37.8 Å². The van der Waals surface area contributed by atoms with Gasteiger partial charge in [0.15, 0.2) is 0 Å². The van der Waals surface area contributed by atoms with Gasteiger partial charge in [-0.25, -0.2) is 0 Å². The van der Waals surface area contributed by atoms with Crippen LogP contribution in [0.2, 0.25) is 0 Å². The smallest absolute Gasteiger partial charge is 0.264 e. The molecule has 6 nitrogen and oxygen atoms in total. The summed E-state index contributed by atoms with van der Waals surface area (Å²) in [5, 5.41) is 8.75. The standard InChI is InChI=1S/C21H21N3O3S/c1-13-18(14(2)27-23-13)11-20(25)22-17-6-5-15-7-8-24(12-16(15)10-17)21(26)19-4-3-9-28-19/h3-6,9-10H,7-8,11-12H2,1-2H3,(H,22,25). The van der Waals surface area contributed by atoms with Crippen molar-refractivity contribution in [1.29, 1.82) is 0 Å². The molecule has 144 valence electrons. The molecule has 4 rings (SSSR count). The minimum absolute atomic E-state index is 0.0634. The molecule has 0 atom stereocenters. The van der Waals surface area contributed by atoms with Crippen molar-refractivity contribution < 1.29 is 14.1 Å². The van der Waals surface area contributed by atoms with Crippen molar-refractivity contribution in [2.24, 2.45) is 0 Å². The van der Waals surface area contributed by atoms with Gasteiger partial charge in [0.05, 0.1) is 17.0 Å². The molecule has 0 spiro atoms. The highest BCUT2D eigenvalue weighted by Crippen LogP contribution is 2.25. The third-order valence-corrected chi connectivity index (χ3v) is 5.90. The van der Waals surface area contributed by atoms with E-state index in [-0.39, 0.29) is 18.2 Å². The Morgan fingerprint density at radius 2 is 2.11 bits per heavy atom. The Hall–Kier alpha value is -2.93. The first-order chi connectivity index (χ1) is 13.5. The van der Waals surface area contributed by atoms with Crippen molar-refractivity contribution in [3.05, 3.63) is 68.7 Å². The molecular formula is C21H21N3O3S. The summed E-state index contributed by atoms with van der Waals surface area (Å²) in [5.41, 5.74) is 4.59. The van der Waals surface area contributed by atoms with Crippen molar-refractivity contribution in [3.8, 4) is 0 Å². The van der Waals surface area contributed by atoms with Gasteiger partial charge in [0.1, 0.15) is 5.76 Å². The zero-order chi connectivity index (χ0) is 19.7. The lowest BCUT2D eigenvalue weighted by molar-refractivity contribution is -0.115. The molecular weight excluding hydrogens is 374 g/mol. The van der Waals surface area contributed by atoms with Gasteiger partial charge < -0.3 is 14.7 Å². The van der Waals surface area contributed by atoms with E-state index in [0.29, 0.717) is 18.8 Å². The Morgan fingerprint density at radius 3 is 2.82 bits per heavy atom. The number of hydrogen-bond acceptors (Lipinski definition) is 5. The molecule has 1 aromatic carbocycles. The highest BCUT2D eigenvalue weighted by molar-refractivity contribution is 7.12. The summed E-state index contributed by atoms with van der Waals surface area (Å²) in [6.45, 7) is 4.90. The Balaban J connectivity index is 1.46. The monoisotopic (exact) mass is 395 g/mol. The van der Waals surface area contributed by atoms with Gasteiger partial charge >= 0.3 is 0 Å². The van der Waals surface area contributed by atoms with E-state index in [9.17, 15) is 9.59 Å². The Kier molecular flexibility index (Phi) is 5.00. The van der Waals surface area contributed by atoms with Gasteiger partial charge in [0, 0.05) is 24.3 Å². The van der Waals surface area contributed by atoms with Crippen molar-refractivity contribution in [1.82, 2.24) is 10.1 Å². The third kappa shape index (κ3) is 3.71. The van der Waals surface area contributed by atoms with Gasteiger partial charge in [0.25, 0.3) is 5.91 Å². The zero-order valence-corrected chi connectivity index (χ0v) is 16.6. The summed E-state index contributed by atoms with van der Waals surface area (Å²) in [6.07, 6.45) is 1.04. The predicted octanol–water partition coefficient (Wildman–Crippen LogP) is 3.73. The second-order valence-electron chi connectivity index (χ2n) is 6.97. The number of benzene rings is 1. The maximum absolute atomic E-state index is 12.6. The van der Waals surface area contributed by atoms with Gasteiger partial charge in [-0.15, -0.1) is 11.3 Å². The molecule has 0 bridgehead atoms. The number of thiophene rings is 1. The number of anilines is 1. The quantitative estimate of drug-likeness (QED) is 0.730. The summed E-state index contributed by atoms with van der Waals surface area (Å²) in [6, 6.07) is 9.67. The topological polar surface area (TPSA) is 75.4 Å². The first-order valence-corrected chi connectivity index (χ1v) is 10.1. The largest absolute Gasteiger partial charge is 0.361 e. The zero-order valence-electron chi connectivity index (χ0n) is 15.8. The van der Waals surface area contributed by atoms with Crippen LogP contribution in [0.5, 0.6) is 0 Å². The van der Waals surface area contributed by atoms with Crippen LogP contribution >= 0.6 is 11.3 Å². The molecule has 7 heteroatoms. The lowest BCUT2D eigenvalue weighted by atomic mass is 9.98. The lowest BCUT2D eigenvalue weighted by Crippen LogP contribution is -2.35. The van der Waals surface area contributed by atoms with E-state index in [1.165, 1.54) is 16.9 Å². The molecule has 0 saturated heterocycles. The Bertz CT molecular complexity index is 1000. The molecule has 1 aliphatic rings. The van der Waals surface area contributed by atoms with Crippen molar-refractivity contribution in [2.45, 2.75) is 33.2 Å². The summed E-state index contributed by atoms with van der Waals surface area (Å²) < 4.78 is 5.12. The average molecular weight is 395 g/mol. The summed E-state index contributed by atoms with van der Waals surface area (Å²) >= 11 is 1.46. The van der Waals surface area contributed by atoms with Crippen LogP contribution in [0.3, 0.4) is 0 Å².